The number of ether oxygens (including phenoxy) is 1. The fourth-order valence-electron chi connectivity index (χ4n) is 2.16. The van der Waals surface area contributed by atoms with E-state index in [9.17, 15) is 4.79 Å². The smallest absolute Gasteiger partial charge is 0.152 e. The zero-order valence-corrected chi connectivity index (χ0v) is 12.6. The molecular weight excluding hydrogens is 226 g/mol. The van der Waals surface area contributed by atoms with Crippen molar-refractivity contribution in [2.45, 2.75) is 65.8 Å². The molecule has 1 fully saturated rings. The average Bonchev–Trinajstić information content (AvgIpc) is 2.46. The van der Waals surface area contributed by atoms with Crippen LogP contribution in [0.1, 0.15) is 59.8 Å². The van der Waals surface area contributed by atoms with Crippen molar-refractivity contribution in [2.75, 3.05) is 13.2 Å². The van der Waals surface area contributed by atoms with Crippen molar-refractivity contribution in [3.63, 3.8) is 0 Å². The number of carbonyl (C=O) groups is 1. The van der Waals surface area contributed by atoms with E-state index in [1.807, 2.05) is 27.7 Å². The van der Waals surface area contributed by atoms with Crippen molar-refractivity contribution in [1.82, 2.24) is 0 Å². The molecule has 0 saturated carbocycles. The Morgan fingerprint density at radius 2 is 1.89 bits per heavy atom. The van der Waals surface area contributed by atoms with Crippen molar-refractivity contribution in [3.05, 3.63) is 0 Å². The van der Waals surface area contributed by atoms with Gasteiger partial charge in [-0.2, -0.15) is 0 Å². The fraction of sp³-hybridized carbons (Fsp3) is 0.933. The van der Waals surface area contributed by atoms with E-state index in [-0.39, 0.29) is 17.7 Å². The van der Waals surface area contributed by atoms with E-state index in [0.29, 0.717) is 5.92 Å². The Morgan fingerprint density at radius 3 is 2.39 bits per heavy atom. The molecule has 3 heteroatoms. The summed E-state index contributed by atoms with van der Waals surface area (Å²) < 4.78 is 5.31. The lowest BCUT2D eigenvalue weighted by molar-refractivity contribution is -0.123. The average molecular weight is 257 g/mol. The second-order valence-corrected chi connectivity index (χ2v) is 4.95. The molecule has 0 bridgehead atoms. The third-order valence-electron chi connectivity index (χ3n) is 3.69. The van der Waals surface area contributed by atoms with Gasteiger partial charge in [0.25, 0.3) is 0 Å². The quantitative estimate of drug-likeness (QED) is 0.795. The van der Waals surface area contributed by atoms with Gasteiger partial charge in [0.15, 0.2) is 5.78 Å². The minimum absolute atomic E-state index is 0.115. The lowest BCUT2D eigenvalue weighted by atomic mass is 9.89. The van der Waals surface area contributed by atoms with Crippen LogP contribution in [0.4, 0.5) is 0 Å². The van der Waals surface area contributed by atoms with Crippen LogP contribution in [-0.2, 0) is 9.53 Å². The molecule has 0 radical (unpaired) electrons. The molecule has 0 aromatic carbocycles. The number of hydrogen-bond acceptors (Lipinski definition) is 3. The van der Waals surface area contributed by atoms with E-state index in [2.05, 4.69) is 0 Å². The van der Waals surface area contributed by atoms with Crippen molar-refractivity contribution in [3.8, 4) is 0 Å². The van der Waals surface area contributed by atoms with Gasteiger partial charge in [0.05, 0.1) is 6.04 Å². The monoisotopic (exact) mass is 257 g/mol. The van der Waals surface area contributed by atoms with E-state index in [1.54, 1.807) is 0 Å². The lowest BCUT2D eigenvalue weighted by Gasteiger charge is -2.23. The van der Waals surface area contributed by atoms with Crippen LogP contribution >= 0.6 is 0 Å². The Morgan fingerprint density at radius 1 is 1.33 bits per heavy atom. The van der Waals surface area contributed by atoms with Crippen molar-refractivity contribution in [2.24, 2.45) is 17.6 Å². The van der Waals surface area contributed by atoms with Crippen molar-refractivity contribution < 1.29 is 9.53 Å². The Balaban J connectivity index is 0.00000137. The summed E-state index contributed by atoms with van der Waals surface area (Å²) in [5.74, 6) is 1.06. The predicted molar refractivity (Wildman–Crippen MR) is 76.6 cm³/mol. The topological polar surface area (TPSA) is 52.3 Å². The van der Waals surface area contributed by atoms with Gasteiger partial charge >= 0.3 is 0 Å². The Kier molecular flexibility index (Phi) is 10.3. The summed E-state index contributed by atoms with van der Waals surface area (Å²) in [4.78, 5) is 11.8. The Labute approximate surface area is 112 Å². The Hall–Kier alpha value is -0.410. The summed E-state index contributed by atoms with van der Waals surface area (Å²) >= 11 is 0. The second kappa shape index (κ2) is 10.5. The minimum atomic E-state index is -0.252. The maximum Gasteiger partial charge on any atom is 0.152 e. The number of carbonyl (C=O) groups excluding carboxylic acids is 1. The Bertz CT molecular complexity index is 213. The standard InChI is InChI=1S/C13H25NO2.C2H6/c1-3-10(2)13(15)12(14)5-4-11-6-8-16-9-7-11;1-2/h10-12H,3-9,14H2,1-2H3;1-2H3. The van der Waals surface area contributed by atoms with Crippen LogP contribution in [0.15, 0.2) is 0 Å². The molecule has 2 unspecified atom stereocenters. The van der Waals surface area contributed by atoms with E-state index < -0.39 is 0 Å². The zero-order chi connectivity index (χ0) is 14.0. The summed E-state index contributed by atoms with van der Waals surface area (Å²) in [7, 11) is 0. The molecule has 1 saturated heterocycles. The molecule has 18 heavy (non-hydrogen) atoms. The number of rotatable bonds is 6. The summed E-state index contributed by atoms with van der Waals surface area (Å²) in [6.45, 7) is 9.75. The summed E-state index contributed by atoms with van der Waals surface area (Å²) in [6.07, 6.45) is 5.07. The highest BCUT2D eigenvalue weighted by molar-refractivity contribution is 5.85. The minimum Gasteiger partial charge on any atom is -0.381 e. The van der Waals surface area contributed by atoms with Crippen LogP contribution in [-0.4, -0.2) is 25.0 Å². The molecule has 1 rings (SSSR count). The number of Topliss-reactive ketones (excluding diaryl/α,β-unsaturated/α-hetero) is 1. The molecule has 0 aromatic heterocycles. The molecule has 0 aliphatic carbocycles. The predicted octanol–water partition coefficient (Wildman–Crippen LogP) is 3.16. The molecular formula is C15H31NO2. The molecule has 0 spiro atoms. The van der Waals surface area contributed by atoms with Gasteiger partial charge in [0, 0.05) is 19.1 Å². The first-order valence-electron chi connectivity index (χ1n) is 7.52. The van der Waals surface area contributed by atoms with Crippen LogP contribution in [0.5, 0.6) is 0 Å². The zero-order valence-electron chi connectivity index (χ0n) is 12.6. The van der Waals surface area contributed by atoms with Gasteiger partial charge in [0.2, 0.25) is 0 Å². The normalized spacial score (nSPS) is 19.6. The van der Waals surface area contributed by atoms with Gasteiger partial charge in [0.1, 0.15) is 0 Å². The fourth-order valence-corrected chi connectivity index (χ4v) is 2.16. The molecule has 1 aliphatic heterocycles. The highest BCUT2D eigenvalue weighted by Crippen LogP contribution is 2.21. The second-order valence-electron chi connectivity index (χ2n) is 4.95. The van der Waals surface area contributed by atoms with Gasteiger partial charge in [-0.25, -0.2) is 0 Å². The highest BCUT2D eigenvalue weighted by atomic mass is 16.5. The number of ketones is 1. The summed E-state index contributed by atoms with van der Waals surface area (Å²) in [5.41, 5.74) is 5.93. The van der Waals surface area contributed by atoms with Crippen LogP contribution in [0.2, 0.25) is 0 Å². The van der Waals surface area contributed by atoms with E-state index in [1.165, 1.54) is 0 Å². The summed E-state index contributed by atoms with van der Waals surface area (Å²) in [6, 6.07) is -0.252. The van der Waals surface area contributed by atoms with Gasteiger partial charge in [-0.05, 0) is 38.0 Å². The maximum atomic E-state index is 11.8. The summed E-state index contributed by atoms with van der Waals surface area (Å²) in [5, 5.41) is 0. The van der Waals surface area contributed by atoms with Crippen LogP contribution < -0.4 is 5.73 Å². The molecule has 3 nitrogen and oxygen atoms in total. The van der Waals surface area contributed by atoms with E-state index in [0.717, 1.165) is 45.3 Å². The SMILES string of the molecule is CC.CCC(C)C(=O)C(N)CCC1CCOCC1. The van der Waals surface area contributed by atoms with E-state index in [4.69, 9.17) is 10.5 Å². The largest absolute Gasteiger partial charge is 0.381 e. The number of hydrogen-bond donors (Lipinski definition) is 1. The molecule has 1 aliphatic rings. The number of nitrogens with two attached hydrogens (primary N) is 1. The highest BCUT2D eigenvalue weighted by Gasteiger charge is 2.21. The van der Waals surface area contributed by atoms with Crippen molar-refractivity contribution >= 4 is 5.78 Å². The molecule has 1 heterocycles. The third-order valence-corrected chi connectivity index (χ3v) is 3.69. The van der Waals surface area contributed by atoms with E-state index >= 15 is 0 Å². The van der Waals surface area contributed by atoms with Gasteiger partial charge in [-0.1, -0.05) is 27.7 Å². The molecule has 108 valence electrons. The molecule has 0 amide bonds. The van der Waals surface area contributed by atoms with Gasteiger partial charge < -0.3 is 10.5 Å². The van der Waals surface area contributed by atoms with Crippen LogP contribution in [0.3, 0.4) is 0 Å². The molecule has 0 aromatic rings. The van der Waals surface area contributed by atoms with Crippen LogP contribution in [0.25, 0.3) is 0 Å². The first kappa shape index (κ1) is 17.6. The van der Waals surface area contributed by atoms with Crippen LogP contribution in [0, 0.1) is 11.8 Å². The first-order valence-corrected chi connectivity index (χ1v) is 7.52. The van der Waals surface area contributed by atoms with Crippen molar-refractivity contribution in [1.29, 1.82) is 0 Å². The third kappa shape index (κ3) is 6.50. The molecule has 2 atom stereocenters. The first-order chi connectivity index (χ1) is 8.65. The van der Waals surface area contributed by atoms with Gasteiger partial charge in [-0.15, -0.1) is 0 Å². The maximum absolute atomic E-state index is 11.8. The lowest BCUT2D eigenvalue weighted by Crippen LogP contribution is -2.35. The molecule has 2 N–H and O–H groups in total. The van der Waals surface area contributed by atoms with Gasteiger partial charge in [-0.3, -0.25) is 4.79 Å².